The van der Waals surface area contributed by atoms with E-state index in [0.29, 0.717) is 18.1 Å². The fourth-order valence-corrected chi connectivity index (χ4v) is 3.63. The predicted molar refractivity (Wildman–Crippen MR) is 109 cm³/mol. The molecule has 1 aliphatic rings. The lowest BCUT2D eigenvalue weighted by molar-refractivity contribution is 0.0526. The van der Waals surface area contributed by atoms with Gasteiger partial charge in [0, 0.05) is 39.3 Å². The molecule has 0 amide bonds. The number of piperazine rings is 1. The van der Waals surface area contributed by atoms with Crippen molar-refractivity contribution in [3.63, 3.8) is 0 Å². The summed E-state index contributed by atoms with van der Waals surface area (Å²) in [5, 5.41) is 0. The Hall–Kier alpha value is -2.17. The minimum Gasteiger partial charge on any atom is -0.462 e. The van der Waals surface area contributed by atoms with E-state index >= 15 is 0 Å². The number of benzene rings is 2. The van der Waals surface area contributed by atoms with E-state index in [0.717, 1.165) is 39.3 Å². The van der Waals surface area contributed by atoms with Crippen molar-refractivity contribution in [2.24, 2.45) is 0 Å². The van der Waals surface area contributed by atoms with Crippen LogP contribution in [0.4, 0.5) is 0 Å². The van der Waals surface area contributed by atoms with E-state index in [9.17, 15) is 4.79 Å². The Labute approximate surface area is 162 Å². The molecule has 0 saturated carbocycles. The van der Waals surface area contributed by atoms with E-state index in [4.69, 9.17) is 4.74 Å². The molecule has 0 aliphatic carbocycles. The zero-order valence-electron chi connectivity index (χ0n) is 16.4. The van der Waals surface area contributed by atoms with E-state index in [2.05, 4.69) is 59.2 Å². The van der Waals surface area contributed by atoms with Gasteiger partial charge < -0.3 is 9.64 Å². The third kappa shape index (κ3) is 5.65. The molecule has 0 radical (unpaired) electrons. The molecule has 1 saturated heterocycles. The number of nitrogens with zero attached hydrogens (tertiary/aromatic N) is 2. The predicted octanol–water partition coefficient (Wildman–Crippen LogP) is 3.78. The molecule has 144 valence electrons. The van der Waals surface area contributed by atoms with E-state index in [1.54, 1.807) is 0 Å². The summed E-state index contributed by atoms with van der Waals surface area (Å²) in [6, 6.07) is 18.6. The lowest BCUT2D eigenvalue weighted by Crippen LogP contribution is -2.46. The van der Waals surface area contributed by atoms with Gasteiger partial charge in [0.15, 0.2) is 0 Å². The number of carbonyl (C=O) groups excluding carboxylic acids is 1. The molecule has 1 fully saturated rings. The van der Waals surface area contributed by atoms with Crippen LogP contribution in [0.25, 0.3) is 0 Å². The largest absolute Gasteiger partial charge is 0.462 e. The van der Waals surface area contributed by atoms with Crippen LogP contribution in [0.2, 0.25) is 0 Å². The quantitative estimate of drug-likeness (QED) is 0.698. The van der Waals surface area contributed by atoms with Crippen LogP contribution in [0.1, 0.15) is 41.3 Å². The van der Waals surface area contributed by atoms with Crippen molar-refractivity contribution < 1.29 is 9.53 Å². The minimum absolute atomic E-state index is 0.244. The van der Waals surface area contributed by atoms with Gasteiger partial charge in [-0.15, -0.1) is 0 Å². The zero-order chi connectivity index (χ0) is 19.1. The number of hydrogen-bond acceptors (Lipinski definition) is 4. The molecular weight excluding hydrogens is 336 g/mol. The molecule has 0 N–H and O–H groups in total. The molecule has 27 heavy (non-hydrogen) atoms. The molecule has 0 bridgehead atoms. The summed E-state index contributed by atoms with van der Waals surface area (Å²) in [5.74, 6) is 0.202. The van der Waals surface area contributed by atoms with Gasteiger partial charge in [0.2, 0.25) is 0 Å². The van der Waals surface area contributed by atoms with Crippen LogP contribution < -0.4 is 0 Å². The van der Waals surface area contributed by atoms with Gasteiger partial charge in [-0.1, -0.05) is 49.4 Å². The van der Waals surface area contributed by atoms with E-state index < -0.39 is 0 Å². The normalized spacial score (nSPS) is 16.8. The SMILES string of the molecule is CCOC(=O)c1ccc(C(C)CN2CCN(Cc3ccccc3)CC2)cc1. The van der Waals surface area contributed by atoms with Gasteiger partial charge >= 0.3 is 5.97 Å². The van der Waals surface area contributed by atoms with Crippen LogP contribution in [-0.2, 0) is 11.3 Å². The third-order valence-electron chi connectivity index (χ3n) is 5.24. The maximum Gasteiger partial charge on any atom is 0.338 e. The monoisotopic (exact) mass is 366 g/mol. The average molecular weight is 367 g/mol. The van der Waals surface area contributed by atoms with Gasteiger partial charge in [0.1, 0.15) is 0 Å². The zero-order valence-corrected chi connectivity index (χ0v) is 16.4. The fourth-order valence-electron chi connectivity index (χ4n) is 3.63. The van der Waals surface area contributed by atoms with Gasteiger partial charge in [-0.25, -0.2) is 4.79 Å². The second-order valence-corrected chi connectivity index (χ2v) is 7.31. The molecule has 4 nitrogen and oxygen atoms in total. The van der Waals surface area contributed by atoms with Crippen LogP contribution >= 0.6 is 0 Å². The second kappa shape index (κ2) is 9.67. The number of ether oxygens (including phenoxy) is 1. The maximum atomic E-state index is 11.8. The summed E-state index contributed by atoms with van der Waals surface area (Å²) in [5.41, 5.74) is 3.29. The lowest BCUT2D eigenvalue weighted by atomic mass is 9.99. The summed E-state index contributed by atoms with van der Waals surface area (Å²) in [6.45, 7) is 11.0. The van der Waals surface area contributed by atoms with Crippen LogP contribution in [0.5, 0.6) is 0 Å². The van der Waals surface area contributed by atoms with Crippen LogP contribution in [-0.4, -0.2) is 55.1 Å². The summed E-state index contributed by atoms with van der Waals surface area (Å²) < 4.78 is 5.05. The first-order valence-corrected chi connectivity index (χ1v) is 9.91. The first kappa shape index (κ1) is 19.6. The highest BCUT2D eigenvalue weighted by Crippen LogP contribution is 2.19. The van der Waals surface area contributed by atoms with Crippen molar-refractivity contribution in [1.29, 1.82) is 0 Å². The van der Waals surface area contributed by atoms with Crippen LogP contribution in [0, 0.1) is 0 Å². The van der Waals surface area contributed by atoms with E-state index in [1.807, 2.05) is 19.1 Å². The second-order valence-electron chi connectivity index (χ2n) is 7.31. The summed E-state index contributed by atoms with van der Waals surface area (Å²) in [6.07, 6.45) is 0. The molecular formula is C23H30N2O2. The number of rotatable bonds is 7. The van der Waals surface area contributed by atoms with Crippen LogP contribution in [0.15, 0.2) is 54.6 Å². The van der Waals surface area contributed by atoms with Crippen molar-refractivity contribution in [2.75, 3.05) is 39.3 Å². The Bertz CT molecular complexity index is 707. The van der Waals surface area contributed by atoms with Gasteiger partial charge in [-0.2, -0.15) is 0 Å². The topological polar surface area (TPSA) is 32.8 Å². The Morgan fingerprint density at radius 3 is 2.22 bits per heavy atom. The molecule has 0 spiro atoms. The van der Waals surface area contributed by atoms with Gasteiger partial charge in [0.25, 0.3) is 0 Å². The third-order valence-corrected chi connectivity index (χ3v) is 5.24. The Kier molecular flexibility index (Phi) is 7.02. The molecule has 0 aromatic heterocycles. The number of carbonyl (C=O) groups is 1. The smallest absolute Gasteiger partial charge is 0.338 e. The van der Waals surface area contributed by atoms with E-state index in [1.165, 1.54) is 11.1 Å². The lowest BCUT2D eigenvalue weighted by Gasteiger charge is -2.36. The van der Waals surface area contributed by atoms with Crippen molar-refractivity contribution in [1.82, 2.24) is 9.80 Å². The molecule has 1 aliphatic heterocycles. The summed E-state index contributed by atoms with van der Waals surface area (Å²) in [4.78, 5) is 16.8. The highest BCUT2D eigenvalue weighted by atomic mass is 16.5. The van der Waals surface area contributed by atoms with Gasteiger partial charge in [-0.05, 0) is 36.1 Å². The molecule has 1 heterocycles. The van der Waals surface area contributed by atoms with Crippen molar-refractivity contribution in [3.8, 4) is 0 Å². The van der Waals surface area contributed by atoms with Crippen molar-refractivity contribution in [3.05, 3.63) is 71.3 Å². The first-order chi connectivity index (χ1) is 13.2. The number of esters is 1. The van der Waals surface area contributed by atoms with Crippen molar-refractivity contribution >= 4 is 5.97 Å². The molecule has 2 aromatic carbocycles. The summed E-state index contributed by atoms with van der Waals surface area (Å²) in [7, 11) is 0. The Morgan fingerprint density at radius 1 is 0.963 bits per heavy atom. The molecule has 1 unspecified atom stereocenters. The molecule has 2 aromatic rings. The highest BCUT2D eigenvalue weighted by Gasteiger charge is 2.19. The number of hydrogen-bond donors (Lipinski definition) is 0. The highest BCUT2D eigenvalue weighted by molar-refractivity contribution is 5.89. The first-order valence-electron chi connectivity index (χ1n) is 9.91. The van der Waals surface area contributed by atoms with Gasteiger partial charge in [0.05, 0.1) is 12.2 Å². The maximum absolute atomic E-state index is 11.8. The Morgan fingerprint density at radius 2 is 1.59 bits per heavy atom. The molecule has 3 rings (SSSR count). The average Bonchev–Trinajstić information content (AvgIpc) is 2.70. The van der Waals surface area contributed by atoms with Gasteiger partial charge in [-0.3, -0.25) is 4.90 Å². The fraction of sp³-hybridized carbons (Fsp3) is 0.435. The minimum atomic E-state index is -0.244. The molecule has 4 heteroatoms. The summed E-state index contributed by atoms with van der Waals surface area (Å²) >= 11 is 0. The van der Waals surface area contributed by atoms with E-state index in [-0.39, 0.29) is 5.97 Å². The van der Waals surface area contributed by atoms with Crippen molar-refractivity contribution in [2.45, 2.75) is 26.3 Å². The molecule has 1 atom stereocenters. The van der Waals surface area contributed by atoms with Crippen LogP contribution in [0.3, 0.4) is 0 Å². The standard InChI is InChI=1S/C23H30N2O2/c1-3-27-23(26)22-11-9-21(10-12-22)19(2)17-24-13-15-25(16-14-24)18-20-7-5-4-6-8-20/h4-12,19H,3,13-18H2,1-2H3. The Balaban J connectivity index is 1.46.